The summed E-state index contributed by atoms with van der Waals surface area (Å²) in [7, 11) is 0. The summed E-state index contributed by atoms with van der Waals surface area (Å²) in [5, 5.41) is 8.00. The molecule has 1 aromatic heterocycles. The second kappa shape index (κ2) is 9.84. The second-order valence-electron chi connectivity index (χ2n) is 8.45. The van der Waals surface area contributed by atoms with Crippen LogP contribution in [-0.2, 0) is 22.7 Å². The van der Waals surface area contributed by atoms with Crippen LogP contribution < -0.4 is 20.9 Å². The van der Waals surface area contributed by atoms with Gasteiger partial charge in [-0.15, -0.1) is 11.3 Å². The van der Waals surface area contributed by atoms with E-state index in [1.165, 1.54) is 16.2 Å². The van der Waals surface area contributed by atoms with Crippen LogP contribution in [0.2, 0.25) is 0 Å². The summed E-state index contributed by atoms with van der Waals surface area (Å²) in [6, 6.07) is 6.82. The fraction of sp³-hybridized carbons (Fsp3) is 0.417. The number of piperidine rings is 1. The Kier molecular flexibility index (Phi) is 6.87. The monoisotopic (exact) mass is 483 g/mol. The summed E-state index contributed by atoms with van der Waals surface area (Å²) in [6.07, 6.45) is 0.575. The maximum atomic E-state index is 12.8. The highest BCUT2D eigenvalue weighted by molar-refractivity contribution is 7.14. The molecule has 9 nitrogen and oxygen atoms in total. The van der Waals surface area contributed by atoms with E-state index in [-0.39, 0.29) is 24.3 Å². The van der Waals surface area contributed by atoms with E-state index in [2.05, 4.69) is 34.7 Å². The van der Waals surface area contributed by atoms with Crippen molar-refractivity contribution in [3.8, 4) is 0 Å². The van der Waals surface area contributed by atoms with Gasteiger partial charge in [-0.1, -0.05) is 0 Å². The number of carbonyl (C=O) groups excluding carboxylic acids is 4. The van der Waals surface area contributed by atoms with Crippen LogP contribution in [0, 0.1) is 6.92 Å². The van der Waals surface area contributed by atoms with E-state index in [9.17, 15) is 19.2 Å². The maximum absolute atomic E-state index is 12.8. The van der Waals surface area contributed by atoms with E-state index < -0.39 is 11.9 Å². The molecule has 34 heavy (non-hydrogen) atoms. The lowest BCUT2D eigenvalue weighted by Gasteiger charge is -2.29. The molecule has 1 unspecified atom stereocenters. The molecule has 0 saturated carbocycles. The molecule has 0 radical (unpaired) electrons. The minimum absolute atomic E-state index is 0.200. The zero-order valence-electron chi connectivity index (χ0n) is 19.6. The highest BCUT2D eigenvalue weighted by Gasteiger charge is 2.40. The summed E-state index contributed by atoms with van der Waals surface area (Å²) < 4.78 is 0. The maximum Gasteiger partial charge on any atom is 0.319 e. The van der Waals surface area contributed by atoms with Gasteiger partial charge in [0.1, 0.15) is 6.04 Å². The van der Waals surface area contributed by atoms with E-state index in [0.717, 1.165) is 40.5 Å². The molecule has 180 valence electrons. The van der Waals surface area contributed by atoms with Crippen LogP contribution in [0.5, 0.6) is 0 Å². The van der Waals surface area contributed by atoms with Crippen LogP contribution in [0.3, 0.4) is 0 Å². The van der Waals surface area contributed by atoms with Crippen molar-refractivity contribution in [2.75, 3.05) is 23.3 Å². The Morgan fingerprint density at radius 3 is 2.62 bits per heavy atom. The SMILES string of the molecule is CCN(CC)c1ccc(NC(=O)NCc2cc3c(s2)C(=O)N(C2CCC(=O)NC2=O)C3)cc1C. The standard InChI is InChI=1S/C24H29N5O4S/c1-4-28(5-2)18-7-6-16(10-14(18)3)26-24(33)25-12-17-11-15-13-29(23(32)21(15)34-17)19-8-9-20(30)27-22(19)31/h6-7,10-11,19H,4-5,8-9,12-13H2,1-3H3,(H2,25,26,33)(H,27,30,31). The number of aryl methyl sites for hydroxylation is 1. The fourth-order valence-corrected chi connectivity index (χ4v) is 5.55. The van der Waals surface area contributed by atoms with Crippen molar-refractivity contribution < 1.29 is 19.2 Å². The van der Waals surface area contributed by atoms with Crippen molar-refractivity contribution in [1.29, 1.82) is 0 Å². The Balaban J connectivity index is 1.32. The Hall–Kier alpha value is -3.40. The summed E-state index contributed by atoms with van der Waals surface area (Å²) in [5.74, 6) is -0.919. The normalized spacial score (nSPS) is 17.4. The first-order valence-electron chi connectivity index (χ1n) is 11.5. The molecular formula is C24H29N5O4S. The van der Waals surface area contributed by atoms with Gasteiger partial charge in [0.2, 0.25) is 11.8 Å². The minimum atomic E-state index is -0.617. The number of hydrogen-bond acceptors (Lipinski definition) is 6. The molecule has 5 amide bonds. The average Bonchev–Trinajstić information content (AvgIpc) is 3.33. The fourth-order valence-electron chi connectivity index (χ4n) is 4.48. The Bertz CT molecular complexity index is 1140. The van der Waals surface area contributed by atoms with Crippen LogP contribution in [0.15, 0.2) is 24.3 Å². The molecule has 10 heteroatoms. The molecule has 1 saturated heterocycles. The lowest BCUT2D eigenvalue weighted by molar-refractivity contribution is -0.136. The number of amides is 5. The topological polar surface area (TPSA) is 111 Å². The van der Waals surface area contributed by atoms with Gasteiger partial charge in [0.05, 0.1) is 11.4 Å². The first-order valence-corrected chi connectivity index (χ1v) is 12.3. The molecule has 0 bridgehead atoms. The number of benzene rings is 1. The molecule has 2 aromatic rings. The van der Waals surface area contributed by atoms with Crippen LogP contribution in [0.25, 0.3) is 0 Å². The number of hydrogen-bond donors (Lipinski definition) is 3. The molecule has 2 aliphatic rings. The number of thiophene rings is 1. The van der Waals surface area contributed by atoms with E-state index in [1.807, 2.05) is 31.2 Å². The van der Waals surface area contributed by atoms with Crippen molar-refractivity contribution >= 4 is 46.5 Å². The van der Waals surface area contributed by atoms with E-state index in [4.69, 9.17) is 0 Å². The highest BCUT2D eigenvalue weighted by atomic mass is 32.1. The number of nitrogens with one attached hydrogen (secondary N) is 3. The predicted molar refractivity (Wildman–Crippen MR) is 131 cm³/mol. The van der Waals surface area contributed by atoms with Gasteiger partial charge >= 0.3 is 6.03 Å². The van der Waals surface area contributed by atoms with Gasteiger partial charge < -0.3 is 20.4 Å². The van der Waals surface area contributed by atoms with Gasteiger partial charge in [-0.25, -0.2) is 4.79 Å². The quantitative estimate of drug-likeness (QED) is 0.525. The largest absolute Gasteiger partial charge is 0.372 e. The Labute approximate surface area is 202 Å². The van der Waals surface area contributed by atoms with Crippen LogP contribution in [0.1, 0.15) is 52.4 Å². The lowest BCUT2D eigenvalue weighted by Crippen LogP contribution is -2.52. The summed E-state index contributed by atoms with van der Waals surface area (Å²) in [6.45, 7) is 8.73. The molecule has 0 aliphatic carbocycles. The highest BCUT2D eigenvalue weighted by Crippen LogP contribution is 2.33. The Morgan fingerprint density at radius 1 is 1.21 bits per heavy atom. The van der Waals surface area contributed by atoms with Crippen LogP contribution >= 0.6 is 11.3 Å². The van der Waals surface area contributed by atoms with Gasteiger partial charge in [-0.3, -0.25) is 19.7 Å². The molecular weight excluding hydrogens is 454 g/mol. The number of carbonyl (C=O) groups is 4. The van der Waals surface area contributed by atoms with Gasteiger partial charge in [-0.05, 0) is 62.6 Å². The number of anilines is 2. The van der Waals surface area contributed by atoms with Gasteiger partial charge in [0.15, 0.2) is 0 Å². The third-order valence-electron chi connectivity index (χ3n) is 6.22. The lowest BCUT2D eigenvalue weighted by atomic mass is 10.0. The van der Waals surface area contributed by atoms with E-state index in [1.54, 1.807) is 0 Å². The number of fused-ring (bicyclic) bond motifs is 1. The molecule has 4 rings (SSSR count). The molecule has 0 spiro atoms. The molecule has 1 atom stereocenters. The predicted octanol–water partition coefficient (Wildman–Crippen LogP) is 2.99. The summed E-state index contributed by atoms with van der Waals surface area (Å²) >= 11 is 1.32. The molecule has 1 aromatic carbocycles. The van der Waals surface area contributed by atoms with Crippen molar-refractivity contribution in [1.82, 2.24) is 15.5 Å². The molecule has 3 heterocycles. The second-order valence-corrected chi connectivity index (χ2v) is 9.59. The van der Waals surface area contributed by atoms with Gasteiger partial charge in [0, 0.05) is 42.3 Å². The summed E-state index contributed by atoms with van der Waals surface area (Å²) in [4.78, 5) is 54.0. The zero-order chi connectivity index (χ0) is 24.4. The van der Waals surface area contributed by atoms with E-state index in [0.29, 0.717) is 24.4 Å². The van der Waals surface area contributed by atoms with Crippen molar-refractivity contribution in [2.24, 2.45) is 0 Å². The van der Waals surface area contributed by atoms with Crippen molar-refractivity contribution in [3.63, 3.8) is 0 Å². The third-order valence-corrected chi connectivity index (χ3v) is 7.39. The van der Waals surface area contributed by atoms with Crippen molar-refractivity contribution in [3.05, 3.63) is 45.1 Å². The number of imide groups is 1. The molecule has 2 aliphatic heterocycles. The minimum Gasteiger partial charge on any atom is -0.372 e. The third kappa shape index (κ3) is 4.77. The van der Waals surface area contributed by atoms with Crippen LogP contribution in [-0.4, -0.2) is 47.8 Å². The number of urea groups is 1. The van der Waals surface area contributed by atoms with E-state index >= 15 is 0 Å². The first-order chi connectivity index (χ1) is 16.3. The van der Waals surface area contributed by atoms with Crippen molar-refractivity contribution in [2.45, 2.75) is 52.7 Å². The van der Waals surface area contributed by atoms with Gasteiger partial charge in [0.25, 0.3) is 5.91 Å². The summed E-state index contributed by atoms with van der Waals surface area (Å²) in [5.41, 5.74) is 3.81. The molecule has 1 fully saturated rings. The first kappa shape index (κ1) is 23.7. The smallest absolute Gasteiger partial charge is 0.319 e. The average molecular weight is 484 g/mol. The number of nitrogens with zero attached hydrogens (tertiary/aromatic N) is 2. The van der Waals surface area contributed by atoms with Crippen LogP contribution in [0.4, 0.5) is 16.2 Å². The zero-order valence-corrected chi connectivity index (χ0v) is 20.4. The number of rotatable bonds is 7. The Morgan fingerprint density at radius 2 is 1.97 bits per heavy atom. The van der Waals surface area contributed by atoms with Gasteiger partial charge in [-0.2, -0.15) is 0 Å². The molecule has 3 N–H and O–H groups in total.